The molecular weight excluding hydrogens is 564 g/mol. The van der Waals surface area contributed by atoms with Gasteiger partial charge in [-0.15, -0.1) is 0 Å². The van der Waals surface area contributed by atoms with E-state index >= 15 is 0 Å². The summed E-state index contributed by atoms with van der Waals surface area (Å²) in [5.74, 6) is 2.42. The van der Waals surface area contributed by atoms with Crippen molar-refractivity contribution in [3.63, 3.8) is 0 Å². The molecule has 5 nitrogen and oxygen atoms in total. The highest BCUT2D eigenvalue weighted by Crippen LogP contribution is 2.37. The fourth-order valence-corrected chi connectivity index (χ4v) is 6.77. The van der Waals surface area contributed by atoms with E-state index in [4.69, 9.17) is 14.8 Å². The summed E-state index contributed by atoms with van der Waals surface area (Å²) in [6, 6.07) is 29.5. The second kappa shape index (κ2) is 12.3. The lowest BCUT2D eigenvalue weighted by molar-refractivity contribution is 0.483. The minimum atomic E-state index is 0.759. The van der Waals surface area contributed by atoms with Gasteiger partial charge in [-0.05, 0) is 109 Å². The first kappa shape index (κ1) is 29.5. The molecule has 0 aliphatic rings. The lowest BCUT2D eigenvalue weighted by atomic mass is 9.86. The van der Waals surface area contributed by atoms with Crippen LogP contribution in [0.1, 0.15) is 54.5 Å². The van der Waals surface area contributed by atoms with Gasteiger partial charge in [0.25, 0.3) is 0 Å². The average molecular weight is 605 g/mol. The fourth-order valence-electron chi connectivity index (χ4n) is 6.77. The predicted octanol–water partition coefficient (Wildman–Crippen LogP) is 10.7. The summed E-state index contributed by atoms with van der Waals surface area (Å²) in [4.78, 5) is 4.72. The molecule has 0 bridgehead atoms. The average Bonchev–Trinajstić information content (AvgIpc) is 3.67. The third kappa shape index (κ3) is 5.36. The number of rotatable bonds is 9. The Kier molecular flexibility index (Phi) is 7.91. The van der Waals surface area contributed by atoms with E-state index in [1.807, 2.05) is 41.3 Å². The second-order valence-corrected chi connectivity index (χ2v) is 12.3. The summed E-state index contributed by atoms with van der Waals surface area (Å²) >= 11 is 0. The van der Waals surface area contributed by atoms with Crippen LogP contribution in [-0.4, -0.2) is 19.3 Å². The molecule has 3 aromatic heterocycles. The first-order valence-electron chi connectivity index (χ1n) is 16.4. The molecule has 0 saturated heterocycles. The molecule has 0 aliphatic carbocycles. The number of hydrogen-bond donors (Lipinski definition) is 0. The molecule has 7 rings (SSSR count). The van der Waals surface area contributed by atoms with Crippen LogP contribution in [0.15, 0.2) is 104 Å². The highest BCUT2D eigenvalue weighted by molar-refractivity contribution is 6.09. The molecule has 0 radical (unpaired) electrons. The molecule has 230 valence electrons. The lowest BCUT2D eigenvalue weighted by Gasteiger charge is -2.18. The third-order valence-electron chi connectivity index (χ3n) is 9.04. The zero-order valence-corrected chi connectivity index (χ0v) is 27.3. The van der Waals surface area contributed by atoms with Gasteiger partial charge in [0.05, 0.1) is 22.9 Å². The molecule has 0 spiro atoms. The molecule has 0 saturated carbocycles. The molecule has 5 heteroatoms. The smallest absolute Gasteiger partial charge is 0.137 e. The molecule has 4 aromatic carbocycles. The summed E-state index contributed by atoms with van der Waals surface area (Å²) < 4.78 is 10.7. The molecule has 0 unspecified atom stereocenters. The van der Waals surface area contributed by atoms with Gasteiger partial charge < -0.3 is 4.74 Å². The maximum absolute atomic E-state index is 6.51. The zero-order chi connectivity index (χ0) is 31.8. The summed E-state index contributed by atoms with van der Waals surface area (Å²) in [7, 11) is 0. The van der Waals surface area contributed by atoms with Crippen LogP contribution in [0.25, 0.3) is 44.4 Å². The predicted molar refractivity (Wildman–Crippen MR) is 190 cm³/mol. The van der Waals surface area contributed by atoms with E-state index in [0.29, 0.717) is 0 Å². The standard InChI is InChI=1S/C41H40N4O/c1-6-11-30-22-28(4)29(5)35(12-7-2)41(30)31-25-43-44(26-31)32-13-10-14-33(23-32)46-34-17-18-37-36-15-8-9-16-38(36)45(39(37)24-34)40-21-27(3)19-20-42-40/h8-10,13-26H,6-7,11-12H2,1-5H3. The second-order valence-electron chi connectivity index (χ2n) is 12.3. The van der Waals surface area contributed by atoms with E-state index in [-0.39, 0.29) is 0 Å². The molecule has 0 fully saturated rings. The van der Waals surface area contributed by atoms with Gasteiger partial charge in [0, 0.05) is 40.9 Å². The number of para-hydroxylation sites is 1. The Labute approximate surface area is 271 Å². The molecule has 0 atom stereocenters. The van der Waals surface area contributed by atoms with Crippen molar-refractivity contribution in [2.45, 2.75) is 60.3 Å². The van der Waals surface area contributed by atoms with E-state index in [1.165, 1.54) is 49.7 Å². The number of nitrogens with zero attached hydrogens (tertiary/aromatic N) is 4. The third-order valence-corrected chi connectivity index (χ3v) is 9.04. The van der Waals surface area contributed by atoms with Gasteiger partial charge in [0.15, 0.2) is 0 Å². The minimum Gasteiger partial charge on any atom is -0.457 e. The van der Waals surface area contributed by atoms with Crippen molar-refractivity contribution in [2.24, 2.45) is 0 Å². The summed E-state index contributed by atoms with van der Waals surface area (Å²) in [5, 5.41) is 7.19. The van der Waals surface area contributed by atoms with E-state index in [9.17, 15) is 0 Å². The number of aryl methyl sites for hydroxylation is 3. The monoisotopic (exact) mass is 604 g/mol. The Morgan fingerprint density at radius 1 is 0.739 bits per heavy atom. The van der Waals surface area contributed by atoms with E-state index in [2.05, 4.69) is 106 Å². The van der Waals surface area contributed by atoms with Crippen LogP contribution < -0.4 is 4.74 Å². The van der Waals surface area contributed by atoms with Crippen molar-refractivity contribution < 1.29 is 4.74 Å². The van der Waals surface area contributed by atoms with Crippen molar-refractivity contribution >= 4 is 21.8 Å². The lowest BCUT2D eigenvalue weighted by Crippen LogP contribution is -2.02. The molecule has 7 aromatic rings. The Bertz CT molecular complexity index is 2200. The van der Waals surface area contributed by atoms with E-state index in [1.54, 1.807) is 0 Å². The van der Waals surface area contributed by atoms with Crippen molar-refractivity contribution in [2.75, 3.05) is 0 Å². The van der Waals surface area contributed by atoms with Crippen LogP contribution in [0, 0.1) is 20.8 Å². The summed E-state index contributed by atoms with van der Waals surface area (Å²) in [6.45, 7) is 11.1. The van der Waals surface area contributed by atoms with Crippen molar-refractivity contribution in [3.05, 3.63) is 131 Å². The van der Waals surface area contributed by atoms with Crippen molar-refractivity contribution in [3.8, 4) is 34.1 Å². The molecule has 0 amide bonds. The Balaban J connectivity index is 1.25. The SMILES string of the molecule is CCCc1cc(C)c(C)c(CCC)c1-c1cnn(-c2cccc(Oc3ccc4c5ccccc5n(-c5cc(C)ccn5)c4c3)c2)c1. The van der Waals surface area contributed by atoms with Gasteiger partial charge in [-0.2, -0.15) is 5.10 Å². The summed E-state index contributed by atoms with van der Waals surface area (Å²) in [5.41, 5.74) is 12.5. The largest absolute Gasteiger partial charge is 0.457 e. The molecule has 0 N–H and O–H groups in total. The Morgan fingerprint density at radius 2 is 1.54 bits per heavy atom. The Morgan fingerprint density at radius 3 is 2.37 bits per heavy atom. The fraction of sp³-hybridized carbons (Fsp3) is 0.220. The zero-order valence-electron chi connectivity index (χ0n) is 27.3. The van der Waals surface area contributed by atoms with Gasteiger partial charge in [0.1, 0.15) is 17.3 Å². The quantitative estimate of drug-likeness (QED) is 0.165. The topological polar surface area (TPSA) is 44.9 Å². The van der Waals surface area contributed by atoms with Gasteiger partial charge in [-0.25, -0.2) is 9.67 Å². The first-order chi connectivity index (χ1) is 22.4. The van der Waals surface area contributed by atoms with Gasteiger partial charge in [-0.3, -0.25) is 4.57 Å². The van der Waals surface area contributed by atoms with Crippen LogP contribution >= 0.6 is 0 Å². The normalized spacial score (nSPS) is 11.5. The maximum atomic E-state index is 6.51. The molecule has 3 heterocycles. The first-order valence-corrected chi connectivity index (χ1v) is 16.4. The number of pyridine rings is 1. The number of ether oxygens (including phenoxy) is 1. The van der Waals surface area contributed by atoms with Crippen molar-refractivity contribution in [1.82, 2.24) is 19.3 Å². The van der Waals surface area contributed by atoms with Gasteiger partial charge in [-0.1, -0.05) is 57.0 Å². The maximum Gasteiger partial charge on any atom is 0.137 e. The van der Waals surface area contributed by atoms with Crippen LogP contribution in [0.5, 0.6) is 11.5 Å². The van der Waals surface area contributed by atoms with Crippen molar-refractivity contribution in [1.29, 1.82) is 0 Å². The van der Waals surface area contributed by atoms with Crippen LogP contribution in [0.3, 0.4) is 0 Å². The Hall–Kier alpha value is -5.16. The van der Waals surface area contributed by atoms with Crippen LogP contribution in [-0.2, 0) is 12.8 Å². The highest BCUT2D eigenvalue weighted by Gasteiger charge is 2.18. The molecule has 0 aliphatic heterocycles. The number of aromatic nitrogens is 4. The van der Waals surface area contributed by atoms with Gasteiger partial charge >= 0.3 is 0 Å². The number of fused-ring (bicyclic) bond motifs is 3. The van der Waals surface area contributed by atoms with Crippen LogP contribution in [0.2, 0.25) is 0 Å². The number of benzene rings is 4. The van der Waals surface area contributed by atoms with Gasteiger partial charge in [0.2, 0.25) is 0 Å². The number of hydrogen-bond acceptors (Lipinski definition) is 3. The van der Waals surface area contributed by atoms with Crippen LogP contribution in [0.4, 0.5) is 0 Å². The van der Waals surface area contributed by atoms with E-state index in [0.717, 1.165) is 59.7 Å². The minimum absolute atomic E-state index is 0.759. The highest BCUT2D eigenvalue weighted by atomic mass is 16.5. The van der Waals surface area contributed by atoms with E-state index < -0.39 is 0 Å². The molecule has 46 heavy (non-hydrogen) atoms. The summed E-state index contributed by atoms with van der Waals surface area (Å²) in [6.07, 6.45) is 10.4. The molecular formula is C41H40N4O.